The van der Waals surface area contributed by atoms with E-state index in [0.717, 1.165) is 27.9 Å². The van der Waals surface area contributed by atoms with E-state index in [0.29, 0.717) is 5.02 Å². The molecular formula is C13H9ClN2O. The zero-order valence-electron chi connectivity index (χ0n) is 8.85. The van der Waals surface area contributed by atoms with Gasteiger partial charge in [0.05, 0.1) is 0 Å². The lowest BCUT2D eigenvalue weighted by atomic mass is 10.1. The highest BCUT2D eigenvalue weighted by molar-refractivity contribution is 6.31. The summed E-state index contributed by atoms with van der Waals surface area (Å²) in [4.78, 5) is 0. The van der Waals surface area contributed by atoms with E-state index >= 15 is 0 Å². The molecule has 0 atom stereocenters. The average molecular weight is 245 g/mol. The molecule has 3 nitrogen and oxygen atoms in total. The number of nitrogen functional groups attached to an aromatic ring is 1. The van der Waals surface area contributed by atoms with Gasteiger partial charge < -0.3 is 10.3 Å². The van der Waals surface area contributed by atoms with Crippen molar-refractivity contribution in [3.63, 3.8) is 0 Å². The van der Waals surface area contributed by atoms with Crippen molar-refractivity contribution in [2.45, 2.75) is 0 Å². The van der Waals surface area contributed by atoms with Gasteiger partial charge in [0.1, 0.15) is 5.52 Å². The first-order valence-corrected chi connectivity index (χ1v) is 5.53. The molecule has 3 aromatic rings. The maximum Gasteiger partial charge on any atom is 0.174 e. The van der Waals surface area contributed by atoms with Crippen LogP contribution < -0.4 is 5.73 Å². The van der Waals surface area contributed by atoms with Crippen LogP contribution in [0.3, 0.4) is 0 Å². The van der Waals surface area contributed by atoms with Crippen LogP contribution in [-0.2, 0) is 0 Å². The number of fused-ring (bicyclic) bond motifs is 1. The molecule has 0 saturated carbocycles. The van der Waals surface area contributed by atoms with Crippen molar-refractivity contribution in [3.8, 4) is 11.3 Å². The third-order valence-electron chi connectivity index (χ3n) is 2.61. The van der Waals surface area contributed by atoms with Crippen molar-refractivity contribution in [2.24, 2.45) is 0 Å². The fraction of sp³-hybridized carbons (Fsp3) is 0. The SMILES string of the molecule is Nc1ccc(-c2onc3cc(Cl)ccc23)cc1. The Labute approximate surface area is 103 Å². The van der Waals surface area contributed by atoms with Crippen molar-refractivity contribution in [1.29, 1.82) is 0 Å². The molecule has 0 aliphatic heterocycles. The minimum absolute atomic E-state index is 0.648. The van der Waals surface area contributed by atoms with Crippen LogP contribution in [0.15, 0.2) is 47.0 Å². The number of hydrogen-bond donors (Lipinski definition) is 1. The lowest BCUT2D eigenvalue weighted by Gasteiger charge is -1.97. The minimum Gasteiger partial charge on any atom is -0.399 e. The molecule has 0 saturated heterocycles. The molecule has 0 bridgehead atoms. The summed E-state index contributed by atoms with van der Waals surface area (Å²) in [6.45, 7) is 0. The molecule has 0 aliphatic carbocycles. The molecule has 2 aromatic carbocycles. The molecule has 0 aliphatic rings. The number of nitrogens with zero attached hydrogens (tertiary/aromatic N) is 1. The first-order valence-electron chi connectivity index (χ1n) is 5.15. The highest BCUT2D eigenvalue weighted by atomic mass is 35.5. The Bertz CT molecular complexity index is 673. The highest BCUT2D eigenvalue weighted by Gasteiger charge is 2.10. The number of halogens is 1. The molecule has 0 radical (unpaired) electrons. The van der Waals surface area contributed by atoms with E-state index in [9.17, 15) is 0 Å². The van der Waals surface area contributed by atoms with Crippen molar-refractivity contribution >= 4 is 28.2 Å². The lowest BCUT2D eigenvalue weighted by Crippen LogP contribution is -1.83. The van der Waals surface area contributed by atoms with Crippen LogP contribution in [0.25, 0.3) is 22.2 Å². The van der Waals surface area contributed by atoms with Gasteiger partial charge in [-0.05, 0) is 42.5 Å². The van der Waals surface area contributed by atoms with E-state index in [1.165, 1.54) is 0 Å². The second-order valence-corrected chi connectivity index (χ2v) is 4.23. The zero-order chi connectivity index (χ0) is 11.8. The monoisotopic (exact) mass is 244 g/mol. The zero-order valence-corrected chi connectivity index (χ0v) is 9.61. The van der Waals surface area contributed by atoms with Crippen molar-refractivity contribution in [1.82, 2.24) is 5.16 Å². The third kappa shape index (κ3) is 1.74. The van der Waals surface area contributed by atoms with Crippen LogP contribution >= 0.6 is 11.6 Å². The van der Waals surface area contributed by atoms with E-state index in [1.807, 2.05) is 36.4 Å². The van der Waals surface area contributed by atoms with Gasteiger partial charge in [0.2, 0.25) is 0 Å². The molecule has 3 rings (SSSR count). The van der Waals surface area contributed by atoms with Gasteiger partial charge in [-0.25, -0.2) is 0 Å². The van der Waals surface area contributed by atoms with Gasteiger partial charge in [-0.2, -0.15) is 0 Å². The number of anilines is 1. The Morgan fingerprint density at radius 1 is 1.06 bits per heavy atom. The van der Waals surface area contributed by atoms with Crippen LogP contribution in [0.1, 0.15) is 0 Å². The molecule has 0 unspecified atom stereocenters. The van der Waals surface area contributed by atoms with Gasteiger partial charge in [0.25, 0.3) is 0 Å². The van der Waals surface area contributed by atoms with Crippen LogP contribution in [0, 0.1) is 0 Å². The normalized spacial score (nSPS) is 10.9. The summed E-state index contributed by atoms with van der Waals surface area (Å²) in [6.07, 6.45) is 0. The minimum atomic E-state index is 0.648. The highest BCUT2D eigenvalue weighted by Crippen LogP contribution is 2.30. The number of benzene rings is 2. The summed E-state index contributed by atoms with van der Waals surface area (Å²) in [5, 5.41) is 5.58. The van der Waals surface area contributed by atoms with E-state index < -0.39 is 0 Å². The largest absolute Gasteiger partial charge is 0.399 e. The first kappa shape index (κ1) is 10.2. The van der Waals surface area contributed by atoms with Crippen LogP contribution in [0.4, 0.5) is 5.69 Å². The molecule has 1 aromatic heterocycles. The summed E-state index contributed by atoms with van der Waals surface area (Å²) in [7, 11) is 0. The maximum absolute atomic E-state index is 5.90. The Morgan fingerprint density at radius 3 is 2.59 bits per heavy atom. The second kappa shape index (κ2) is 3.79. The quantitative estimate of drug-likeness (QED) is 0.664. The number of nitrogens with two attached hydrogens (primary N) is 1. The predicted molar refractivity (Wildman–Crippen MR) is 68.9 cm³/mol. The van der Waals surface area contributed by atoms with Gasteiger partial charge in [0, 0.05) is 21.7 Å². The molecule has 0 fully saturated rings. The Hall–Kier alpha value is -2.00. The van der Waals surface area contributed by atoms with E-state index in [1.54, 1.807) is 6.07 Å². The van der Waals surface area contributed by atoms with Gasteiger partial charge in [-0.3, -0.25) is 0 Å². The van der Waals surface area contributed by atoms with Gasteiger partial charge in [-0.1, -0.05) is 16.8 Å². The lowest BCUT2D eigenvalue weighted by molar-refractivity contribution is 0.441. The van der Waals surface area contributed by atoms with Crippen molar-refractivity contribution in [2.75, 3.05) is 5.73 Å². The molecule has 0 amide bonds. The summed E-state index contributed by atoms with van der Waals surface area (Å²) in [5.41, 5.74) is 8.07. The van der Waals surface area contributed by atoms with E-state index in [4.69, 9.17) is 21.9 Å². The maximum atomic E-state index is 5.90. The molecule has 1 heterocycles. The molecular weight excluding hydrogens is 236 g/mol. The number of hydrogen-bond acceptors (Lipinski definition) is 3. The Balaban J connectivity index is 2.21. The fourth-order valence-electron chi connectivity index (χ4n) is 1.76. The third-order valence-corrected chi connectivity index (χ3v) is 2.85. The smallest absolute Gasteiger partial charge is 0.174 e. The molecule has 0 spiro atoms. The number of rotatable bonds is 1. The van der Waals surface area contributed by atoms with Gasteiger partial charge in [0.15, 0.2) is 5.76 Å². The second-order valence-electron chi connectivity index (χ2n) is 3.80. The first-order chi connectivity index (χ1) is 8.24. The predicted octanol–water partition coefficient (Wildman–Crippen LogP) is 3.73. The number of aromatic nitrogens is 1. The topological polar surface area (TPSA) is 52.0 Å². The van der Waals surface area contributed by atoms with Crippen LogP contribution in [0.5, 0.6) is 0 Å². The summed E-state index contributed by atoms with van der Waals surface area (Å²) in [6, 6.07) is 13.0. The Kier molecular flexibility index (Phi) is 2.27. The average Bonchev–Trinajstić information content (AvgIpc) is 2.73. The van der Waals surface area contributed by atoms with E-state index in [2.05, 4.69) is 5.16 Å². The molecule has 4 heteroatoms. The van der Waals surface area contributed by atoms with Crippen LogP contribution in [0.2, 0.25) is 5.02 Å². The van der Waals surface area contributed by atoms with Crippen molar-refractivity contribution < 1.29 is 4.52 Å². The molecule has 2 N–H and O–H groups in total. The van der Waals surface area contributed by atoms with E-state index in [-0.39, 0.29) is 0 Å². The van der Waals surface area contributed by atoms with Crippen molar-refractivity contribution in [3.05, 3.63) is 47.5 Å². The van der Waals surface area contributed by atoms with Crippen LogP contribution in [-0.4, -0.2) is 5.16 Å². The summed E-state index contributed by atoms with van der Waals surface area (Å²) < 4.78 is 5.35. The van der Waals surface area contributed by atoms with Gasteiger partial charge >= 0.3 is 0 Å². The summed E-state index contributed by atoms with van der Waals surface area (Å²) >= 11 is 5.90. The molecule has 84 valence electrons. The summed E-state index contributed by atoms with van der Waals surface area (Å²) in [5.74, 6) is 0.733. The molecule has 17 heavy (non-hydrogen) atoms. The fourth-order valence-corrected chi connectivity index (χ4v) is 1.93. The standard InChI is InChI=1S/C13H9ClN2O/c14-9-3-6-11-12(7-9)16-17-13(11)8-1-4-10(15)5-2-8/h1-7H,15H2. The Morgan fingerprint density at radius 2 is 1.82 bits per heavy atom. The van der Waals surface area contributed by atoms with Gasteiger partial charge in [-0.15, -0.1) is 0 Å².